The Morgan fingerprint density at radius 3 is 1.68 bits per heavy atom. The van der Waals surface area contributed by atoms with Crippen LogP contribution in [0.4, 0.5) is 17.1 Å². The zero-order chi connectivity index (χ0) is 48.6. The number of rotatable bonds is 4. The zero-order valence-corrected chi connectivity index (χ0v) is 41.9. The molecule has 0 aliphatic heterocycles. The van der Waals surface area contributed by atoms with E-state index in [1.54, 1.807) is 0 Å². The first-order valence-corrected chi connectivity index (χ1v) is 24.0. The predicted octanol–water partition coefficient (Wildman–Crippen LogP) is 18.7. The first-order valence-electron chi connectivity index (χ1n) is 24.0. The first-order chi connectivity index (χ1) is 33.2. The number of aryl methyl sites for hydroxylation is 3. The first kappa shape index (κ1) is 49.8. The number of aromatic amines is 1. The summed E-state index contributed by atoms with van der Waals surface area (Å²) in [5.74, 6) is 5.36. The van der Waals surface area contributed by atoms with Crippen LogP contribution in [-0.4, -0.2) is 9.97 Å². The van der Waals surface area contributed by atoms with Crippen LogP contribution >= 0.6 is 0 Å². The number of hydrogen-bond donors (Lipinski definition) is 1. The molecule has 0 radical (unpaired) electrons. The lowest BCUT2D eigenvalue weighted by atomic mass is 9.81. The Labute approximate surface area is 406 Å². The SMILES string of the molecule is CC.CC.CC#CC.Cc1ccc2c(c1)C(C)(C)c1cc(N(c3ccccc3)c3cccc(-c4cccnc4)c3)c3ccccc3c1-2.Cc1ccc2c(c1)[nH]c1ccccc12.Cc1ccccc1. The van der Waals surface area contributed by atoms with E-state index in [1.807, 2.05) is 78.2 Å². The number of fused-ring (bicyclic) bond motifs is 8. The largest absolute Gasteiger partial charge is 0.355 e. The van der Waals surface area contributed by atoms with Gasteiger partial charge in [0.15, 0.2) is 0 Å². The fourth-order valence-electron chi connectivity index (χ4n) is 8.73. The lowest BCUT2D eigenvalue weighted by Gasteiger charge is -2.30. The van der Waals surface area contributed by atoms with Gasteiger partial charge in [-0.25, -0.2) is 0 Å². The molecule has 1 aliphatic carbocycles. The molecule has 3 nitrogen and oxygen atoms in total. The molecule has 3 heteroatoms. The van der Waals surface area contributed by atoms with Crippen LogP contribution in [0.15, 0.2) is 200 Å². The Morgan fingerprint density at radius 1 is 0.456 bits per heavy atom. The van der Waals surface area contributed by atoms with Gasteiger partial charge in [0.05, 0.1) is 5.69 Å². The molecule has 342 valence electrons. The van der Waals surface area contributed by atoms with Crippen molar-refractivity contribution < 1.29 is 0 Å². The number of hydrogen-bond acceptors (Lipinski definition) is 2. The number of benzene rings is 8. The van der Waals surface area contributed by atoms with E-state index in [0.29, 0.717) is 0 Å². The lowest BCUT2D eigenvalue weighted by Crippen LogP contribution is -2.17. The third kappa shape index (κ3) is 11.1. The van der Waals surface area contributed by atoms with E-state index >= 15 is 0 Å². The van der Waals surface area contributed by atoms with Crippen molar-refractivity contribution in [2.45, 2.75) is 81.6 Å². The van der Waals surface area contributed by atoms with Crippen LogP contribution in [0.3, 0.4) is 0 Å². The van der Waals surface area contributed by atoms with Crippen molar-refractivity contribution in [2.24, 2.45) is 0 Å². The van der Waals surface area contributed by atoms with Gasteiger partial charge in [-0.3, -0.25) is 4.98 Å². The van der Waals surface area contributed by atoms with Crippen LogP contribution in [0.5, 0.6) is 0 Å². The molecular formula is C65H67N3. The highest BCUT2D eigenvalue weighted by molar-refractivity contribution is 6.10. The van der Waals surface area contributed by atoms with Gasteiger partial charge < -0.3 is 9.88 Å². The Kier molecular flexibility index (Phi) is 17.3. The molecule has 2 heterocycles. The van der Waals surface area contributed by atoms with E-state index in [-0.39, 0.29) is 5.41 Å². The topological polar surface area (TPSA) is 31.9 Å². The fourth-order valence-corrected chi connectivity index (χ4v) is 8.73. The highest BCUT2D eigenvalue weighted by atomic mass is 15.1. The molecule has 0 saturated carbocycles. The minimum atomic E-state index is -0.102. The number of para-hydroxylation sites is 2. The predicted molar refractivity (Wildman–Crippen MR) is 298 cm³/mol. The minimum Gasteiger partial charge on any atom is -0.355 e. The van der Waals surface area contributed by atoms with Crippen molar-refractivity contribution >= 4 is 49.6 Å². The number of pyridine rings is 1. The molecular weight excluding hydrogens is 823 g/mol. The van der Waals surface area contributed by atoms with Crippen molar-refractivity contribution in [3.05, 3.63) is 228 Å². The second kappa shape index (κ2) is 23.7. The Hall–Kier alpha value is -7.67. The Balaban J connectivity index is 0.000000213. The van der Waals surface area contributed by atoms with E-state index < -0.39 is 0 Å². The van der Waals surface area contributed by atoms with Crippen molar-refractivity contribution in [3.63, 3.8) is 0 Å². The van der Waals surface area contributed by atoms with E-state index in [4.69, 9.17) is 0 Å². The fraction of sp³-hybridized carbons (Fsp3) is 0.185. The van der Waals surface area contributed by atoms with Gasteiger partial charge in [0, 0.05) is 61.9 Å². The van der Waals surface area contributed by atoms with Crippen LogP contribution < -0.4 is 4.90 Å². The molecule has 0 amide bonds. The standard InChI is InChI=1S/C37H30N2.C13H11N.C7H8.C4H6.2C2H6/c1-25-18-19-32-33(21-25)37(2,3)34-23-35(30-16-7-8-17-31(30)36(32)34)39(28-13-5-4-6-14-28)29-15-9-11-26(22-29)27-12-10-20-38-24-27;1-9-6-7-11-10-4-2-3-5-12(10)14-13(11)8-9;1-7-5-3-2-4-6-7;1-3-4-2;2*1-2/h4-24H,1-3H3;2-8,14H,1H3;2-6H,1H3;1-2H3;2*1-2H3. The van der Waals surface area contributed by atoms with Gasteiger partial charge >= 0.3 is 0 Å². The summed E-state index contributed by atoms with van der Waals surface area (Å²) >= 11 is 0. The lowest BCUT2D eigenvalue weighted by molar-refractivity contribution is 0.660. The molecule has 10 aromatic rings. The van der Waals surface area contributed by atoms with Gasteiger partial charge in [0.25, 0.3) is 0 Å². The molecule has 0 unspecified atom stereocenters. The van der Waals surface area contributed by atoms with Gasteiger partial charge in [-0.2, -0.15) is 0 Å². The number of H-pyrrole nitrogens is 1. The monoisotopic (exact) mass is 890 g/mol. The van der Waals surface area contributed by atoms with Crippen molar-refractivity contribution in [1.82, 2.24) is 9.97 Å². The highest BCUT2D eigenvalue weighted by Crippen LogP contribution is 2.54. The molecule has 0 fully saturated rings. The third-order valence-corrected chi connectivity index (χ3v) is 12.0. The summed E-state index contributed by atoms with van der Waals surface area (Å²) in [4.78, 5) is 10.2. The Morgan fingerprint density at radius 2 is 1.03 bits per heavy atom. The van der Waals surface area contributed by atoms with E-state index in [9.17, 15) is 0 Å². The van der Waals surface area contributed by atoms with Gasteiger partial charge in [0.1, 0.15) is 0 Å². The molecule has 1 N–H and O–H groups in total. The summed E-state index contributed by atoms with van der Waals surface area (Å²) in [6.45, 7) is 22.8. The molecule has 0 spiro atoms. The summed E-state index contributed by atoms with van der Waals surface area (Å²) in [5.41, 5.74) is 17.5. The normalized spacial score (nSPS) is 11.2. The highest BCUT2D eigenvalue weighted by Gasteiger charge is 2.38. The van der Waals surface area contributed by atoms with Crippen molar-refractivity contribution in [1.29, 1.82) is 0 Å². The zero-order valence-electron chi connectivity index (χ0n) is 41.9. The van der Waals surface area contributed by atoms with Gasteiger partial charge in [-0.05, 0) is 122 Å². The van der Waals surface area contributed by atoms with Crippen molar-refractivity contribution in [3.8, 4) is 34.1 Å². The average Bonchev–Trinajstić information content (AvgIpc) is 3.87. The summed E-state index contributed by atoms with van der Waals surface area (Å²) < 4.78 is 0. The molecule has 68 heavy (non-hydrogen) atoms. The van der Waals surface area contributed by atoms with Gasteiger partial charge in [0.2, 0.25) is 0 Å². The molecule has 8 aromatic carbocycles. The summed E-state index contributed by atoms with van der Waals surface area (Å²) in [6, 6.07) is 67.1. The van der Waals surface area contributed by atoms with Gasteiger partial charge in [-0.15, -0.1) is 11.8 Å². The van der Waals surface area contributed by atoms with Gasteiger partial charge in [-0.1, -0.05) is 192 Å². The van der Waals surface area contributed by atoms with Crippen LogP contribution in [0.2, 0.25) is 0 Å². The molecule has 11 rings (SSSR count). The second-order valence-electron chi connectivity index (χ2n) is 16.9. The third-order valence-electron chi connectivity index (χ3n) is 12.0. The number of nitrogens with zero attached hydrogens (tertiary/aromatic N) is 2. The van der Waals surface area contributed by atoms with Crippen LogP contribution in [0.1, 0.15) is 83.2 Å². The number of nitrogens with one attached hydrogen (secondary N) is 1. The summed E-state index contributed by atoms with van der Waals surface area (Å²) in [6.07, 6.45) is 3.75. The molecule has 0 saturated heterocycles. The average molecular weight is 890 g/mol. The molecule has 2 aromatic heterocycles. The maximum Gasteiger partial charge on any atom is 0.0543 e. The minimum absolute atomic E-state index is 0.102. The Bertz CT molecular complexity index is 3240. The summed E-state index contributed by atoms with van der Waals surface area (Å²) in [5, 5.41) is 5.16. The number of aromatic nitrogens is 2. The van der Waals surface area contributed by atoms with Crippen LogP contribution in [0, 0.1) is 32.6 Å². The maximum atomic E-state index is 4.36. The smallest absolute Gasteiger partial charge is 0.0543 e. The van der Waals surface area contributed by atoms with Crippen molar-refractivity contribution in [2.75, 3.05) is 4.90 Å². The second-order valence-corrected chi connectivity index (χ2v) is 16.9. The molecule has 1 aliphatic rings. The maximum absolute atomic E-state index is 4.36. The van der Waals surface area contributed by atoms with Crippen LogP contribution in [0.25, 0.3) is 54.8 Å². The molecule has 0 atom stereocenters. The van der Waals surface area contributed by atoms with E-state index in [0.717, 1.165) is 22.5 Å². The van der Waals surface area contributed by atoms with E-state index in [1.165, 1.54) is 77.2 Å². The van der Waals surface area contributed by atoms with E-state index in [2.05, 4.69) is 225 Å². The summed E-state index contributed by atoms with van der Waals surface area (Å²) in [7, 11) is 0. The van der Waals surface area contributed by atoms with Crippen LogP contribution in [-0.2, 0) is 5.41 Å². The quantitative estimate of drug-likeness (QED) is 0.179. The molecule has 0 bridgehead atoms. The number of anilines is 3.